The second-order valence-electron chi connectivity index (χ2n) is 4.99. The van der Waals surface area contributed by atoms with Crippen molar-refractivity contribution in [2.75, 3.05) is 23.9 Å². The van der Waals surface area contributed by atoms with Crippen LogP contribution in [0.4, 0.5) is 5.95 Å². The third-order valence-electron chi connectivity index (χ3n) is 2.75. The summed E-state index contributed by atoms with van der Waals surface area (Å²) in [6, 6.07) is 1.77. The van der Waals surface area contributed by atoms with Crippen molar-refractivity contribution in [2.45, 2.75) is 39.1 Å². The Kier molecular flexibility index (Phi) is 4.82. The number of morpholine rings is 1. The lowest BCUT2D eigenvalue weighted by Crippen LogP contribution is -2.48. The lowest BCUT2D eigenvalue weighted by atomic mass is 10.2. The Bertz CT molecular complexity index is 417. The van der Waals surface area contributed by atoms with Crippen molar-refractivity contribution in [3.63, 3.8) is 0 Å². The normalized spacial score (nSPS) is 23.7. The number of anilines is 1. The smallest absolute Gasteiger partial charge is 0.228 e. The molecular formula is C13H20ClN3O2. The van der Waals surface area contributed by atoms with Crippen LogP contribution in [0, 0.1) is 0 Å². The predicted molar refractivity (Wildman–Crippen MR) is 75.1 cm³/mol. The average molecular weight is 286 g/mol. The first-order valence-corrected chi connectivity index (χ1v) is 7.08. The Labute approximate surface area is 118 Å². The van der Waals surface area contributed by atoms with Gasteiger partial charge >= 0.3 is 0 Å². The number of alkyl halides is 1. The van der Waals surface area contributed by atoms with Gasteiger partial charge in [0, 0.05) is 25.4 Å². The molecule has 5 nitrogen and oxygen atoms in total. The monoisotopic (exact) mass is 285 g/mol. The lowest BCUT2D eigenvalue weighted by molar-refractivity contribution is -0.00388. The maximum atomic E-state index is 5.88. The van der Waals surface area contributed by atoms with Gasteiger partial charge in [0.05, 0.1) is 24.2 Å². The maximum absolute atomic E-state index is 5.88. The van der Waals surface area contributed by atoms with Crippen molar-refractivity contribution in [3.8, 4) is 5.88 Å². The molecule has 19 heavy (non-hydrogen) atoms. The van der Waals surface area contributed by atoms with Crippen LogP contribution < -0.4 is 9.64 Å². The Morgan fingerprint density at radius 2 is 2.32 bits per heavy atom. The van der Waals surface area contributed by atoms with E-state index in [1.54, 1.807) is 12.3 Å². The molecule has 0 N–H and O–H groups in total. The predicted octanol–water partition coefficient (Wildman–Crippen LogP) is 2.10. The molecule has 0 aliphatic carbocycles. The van der Waals surface area contributed by atoms with E-state index in [-0.39, 0.29) is 18.3 Å². The van der Waals surface area contributed by atoms with Crippen molar-refractivity contribution in [2.24, 2.45) is 0 Å². The molecule has 0 bridgehead atoms. The first-order chi connectivity index (χ1) is 9.08. The van der Waals surface area contributed by atoms with E-state index in [0.29, 0.717) is 24.3 Å². The molecule has 2 heterocycles. The third kappa shape index (κ3) is 3.94. The van der Waals surface area contributed by atoms with Crippen molar-refractivity contribution in [1.29, 1.82) is 0 Å². The van der Waals surface area contributed by atoms with E-state index in [4.69, 9.17) is 21.1 Å². The Balaban J connectivity index is 2.11. The highest BCUT2D eigenvalue weighted by atomic mass is 35.5. The minimum atomic E-state index is 0.0173. The van der Waals surface area contributed by atoms with Gasteiger partial charge in [0.15, 0.2) is 0 Å². The fourth-order valence-electron chi connectivity index (χ4n) is 2.09. The standard InChI is InChI=1S/C13H20ClN3O2/c1-9(2)18-12-4-5-15-13(16-12)17-7-10(3)19-11(6-14)8-17/h4-5,9-11H,6-8H2,1-3H3. The summed E-state index contributed by atoms with van der Waals surface area (Å²) < 4.78 is 11.3. The van der Waals surface area contributed by atoms with Crippen molar-refractivity contribution < 1.29 is 9.47 Å². The number of aromatic nitrogens is 2. The van der Waals surface area contributed by atoms with Crippen LogP contribution in [0.1, 0.15) is 20.8 Å². The van der Waals surface area contributed by atoms with Gasteiger partial charge in [-0.2, -0.15) is 4.98 Å². The van der Waals surface area contributed by atoms with Gasteiger partial charge in [-0.05, 0) is 20.8 Å². The molecule has 2 atom stereocenters. The Morgan fingerprint density at radius 1 is 1.53 bits per heavy atom. The minimum absolute atomic E-state index is 0.0173. The zero-order chi connectivity index (χ0) is 13.8. The summed E-state index contributed by atoms with van der Waals surface area (Å²) >= 11 is 5.88. The Morgan fingerprint density at radius 3 is 3.00 bits per heavy atom. The number of nitrogens with zero attached hydrogens (tertiary/aromatic N) is 3. The summed E-state index contributed by atoms with van der Waals surface area (Å²) in [5.41, 5.74) is 0. The van der Waals surface area contributed by atoms with E-state index in [1.165, 1.54) is 0 Å². The molecule has 1 fully saturated rings. The highest BCUT2D eigenvalue weighted by molar-refractivity contribution is 6.18. The van der Waals surface area contributed by atoms with E-state index in [2.05, 4.69) is 14.9 Å². The number of rotatable bonds is 4. The molecule has 0 radical (unpaired) electrons. The van der Waals surface area contributed by atoms with Crippen LogP contribution in [0.2, 0.25) is 0 Å². The van der Waals surface area contributed by atoms with Gasteiger partial charge in [-0.3, -0.25) is 0 Å². The SMILES string of the molecule is CC(C)Oc1ccnc(N2CC(C)OC(CCl)C2)n1. The Hall–Kier alpha value is -1.07. The summed E-state index contributed by atoms with van der Waals surface area (Å²) in [4.78, 5) is 10.8. The molecule has 6 heteroatoms. The van der Waals surface area contributed by atoms with E-state index in [1.807, 2.05) is 20.8 Å². The van der Waals surface area contributed by atoms with Crippen LogP contribution in [0.3, 0.4) is 0 Å². The van der Waals surface area contributed by atoms with Crippen LogP contribution in [0.25, 0.3) is 0 Å². The van der Waals surface area contributed by atoms with Crippen LogP contribution in [-0.2, 0) is 4.74 Å². The zero-order valence-corrected chi connectivity index (χ0v) is 12.3. The topological polar surface area (TPSA) is 47.5 Å². The molecule has 0 amide bonds. The summed E-state index contributed by atoms with van der Waals surface area (Å²) in [5, 5.41) is 0. The zero-order valence-electron chi connectivity index (χ0n) is 11.5. The summed E-state index contributed by atoms with van der Waals surface area (Å²) in [7, 11) is 0. The number of hydrogen-bond donors (Lipinski definition) is 0. The second kappa shape index (κ2) is 6.39. The molecule has 106 valence electrons. The van der Waals surface area contributed by atoms with Crippen LogP contribution >= 0.6 is 11.6 Å². The first kappa shape index (κ1) is 14.3. The molecule has 1 aromatic rings. The van der Waals surface area contributed by atoms with E-state index < -0.39 is 0 Å². The number of hydrogen-bond acceptors (Lipinski definition) is 5. The fraction of sp³-hybridized carbons (Fsp3) is 0.692. The third-order valence-corrected chi connectivity index (χ3v) is 3.10. The highest BCUT2D eigenvalue weighted by Crippen LogP contribution is 2.19. The molecule has 2 unspecified atom stereocenters. The largest absolute Gasteiger partial charge is 0.475 e. The van der Waals surface area contributed by atoms with E-state index >= 15 is 0 Å². The van der Waals surface area contributed by atoms with Crippen LogP contribution in [-0.4, -0.2) is 47.2 Å². The summed E-state index contributed by atoms with van der Waals surface area (Å²) in [5.74, 6) is 1.74. The molecule has 2 rings (SSSR count). The van der Waals surface area contributed by atoms with Gasteiger partial charge in [0.1, 0.15) is 0 Å². The van der Waals surface area contributed by atoms with Crippen molar-refractivity contribution in [1.82, 2.24) is 9.97 Å². The summed E-state index contributed by atoms with van der Waals surface area (Å²) in [6.07, 6.45) is 1.96. The molecule has 1 saturated heterocycles. The number of ether oxygens (including phenoxy) is 2. The molecule has 0 aromatic carbocycles. The molecule has 0 saturated carbocycles. The molecule has 1 aliphatic rings. The van der Waals surface area contributed by atoms with Gasteiger partial charge in [-0.15, -0.1) is 11.6 Å². The van der Waals surface area contributed by atoms with Crippen LogP contribution in [0.5, 0.6) is 5.88 Å². The number of halogens is 1. The van der Waals surface area contributed by atoms with Crippen LogP contribution in [0.15, 0.2) is 12.3 Å². The average Bonchev–Trinajstić information content (AvgIpc) is 2.37. The van der Waals surface area contributed by atoms with Crippen molar-refractivity contribution in [3.05, 3.63) is 12.3 Å². The quantitative estimate of drug-likeness (QED) is 0.793. The van der Waals surface area contributed by atoms with Gasteiger partial charge in [0.2, 0.25) is 11.8 Å². The van der Waals surface area contributed by atoms with E-state index in [9.17, 15) is 0 Å². The van der Waals surface area contributed by atoms with Crippen molar-refractivity contribution >= 4 is 17.5 Å². The molecule has 1 aromatic heterocycles. The lowest BCUT2D eigenvalue weighted by Gasteiger charge is -2.36. The van der Waals surface area contributed by atoms with E-state index in [0.717, 1.165) is 6.54 Å². The van der Waals surface area contributed by atoms with Gasteiger partial charge in [0.25, 0.3) is 0 Å². The molecular weight excluding hydrogens is 266 g/mol. The highest BCUT2D eigenvalue weighted by Gasteiger charge is 2.26. The molecule has 1 aliphatic heterocycles. The first-order valence-electron chi connectivity index (χ1n) is 6.54. The van der Waals surface area contributed by atoms with Gasteiger partial charge in [-0.1, -0.05) is 0 Å². The van der Waals surface area contributed by atoms with Gasteiger partial charge < -0.3 is 14.4 Å². The minimum Gasteiger partial charge on any atom is -0.475 e. The van der Waals surface area contributed by atoms with Gasteiger partial charge in [-0.25, -0.2) is 4.98 Å². The maximum Gasteiger partial charge on any atom is 0.228 e. The summed E-state index contributed by atoms with van der Waals surface area (Å²) in [6.45, 7) is 7.45. The molecule has 0 spiro atoms. The fourth-order valence-corrected chi connectivity index (χ4v) is 2.26. The second-order valence-corrected chi connectivity index (χ2v) is 5.30.